The molecule has 9 aliphatic rings. The number of carbonyl (C=O) groups is 4. The fraction of sp³-hybridized carbons (Fsp3) is 0.935. The maximum Gasteiger partial charge on any atom is 0.217 e. The summed E-state index contributed by atoms with van der Waals surface area (Å²) in [6.45, 7) is -1.00. The molecule has 110 heavy (non-hydrogen) atoms. The molecule has 45 atom stereocenters. The highest BCUT2D eigenvalue weighted by Gasteiger charge is 2.61. The summed E-state index contributed by atoms with van der Waals surface area (Å²) in [7, 11) is 0. The summed E-state index contributed by atoms with van der Waals surface area (Å²) in [5, 5.41) is 265. The summed E-state index contributed by atoms with van der Waals surface area (Å²) in [6.07, 6.45) is -80.9. The van der Waals surface area contributed by atoms with Gasteiger partial charge in [-0.3, -0.25) is 19.2 Å². The largest absolute Gasteiger partial charge is 0.394 e. The Hall–Kier alpha value is -3.72. The van der Waals surface area contributed by atoms with E-state index in [1.807, 2.05) is 0 Å². The molecule has 27 N–H and O–H groups in total. The third kappa shape index (κ3) is 19.8. The molecule has 636 valence electrons. The molecule has 9 heterocycles. The number of hydrogen-bond donors (Lipinski definition) is 27. The van der Waals surface area contributed by atoms with Gasteiger partial charge >= 0.3 is 0 Å². The number of rotatable bonds is 27. The van der Waals surface area contributed by atoms with Crippen molar-refractivity contribution in [2.45, 2.75) is 318 Å². The van der Waals surface area contributed by atoms with Crippen molar-refractivity contribution in [3.05, 3.63) is 0 Å². The lowest BCUT2D eigenvalue weighted by atomic mass is 9.93. The molecule has 0 spiro atoms. The molecular weight excluding hydrogens is 1500 g/mol. The molecular formula is C62H104N4O44. The number of aliphatic hydroxyl groups excluding tert-OH is 23. The molecule has 0 aromatic heterocycles. The average Bonchev–Trinajstić information content (AvgIpc) is 0.767. The highest BCUT2D eigenvalue weighted by molar-refractivity contribution is 5.74. The van der Waals surface area contributed by atoms with Gasteiger partial charge in [0.05, 0.1) is 58.5 Å². The first-order chi connectivity index (χ1) is 51.9. The zero-order valence-electron chi connectivity index (χ0n) is 59.8. The summed E-state index contributed by atoms with van der Waals surface area (Å²) in [5.41, 5.74) is 0. The summed E-state index contributed by atoms with van der Waals surface area (Å²) in [5.74, 6) is -3.58. The van der Waals surface area contributed by atoms with Crippen molar-refractivity contribution in [2.75, 3.05) is 46.2 Å². The second-order valence-corrected chi connectivity index (χ2v) is 28.1. The molecule has 0 bridgehead atoms. The van der Waals surface area contributed by atoms with Gasteiger partial charge in [0.25, 0.3) is 0 Å². The fourth-order valence-corrected chi connectivity index (χ4v) is 14.3. The Morgan fingerprint density at radius 1 is 0.255 bits per heavy atom. The number of nitrogens with one attached hydrogen (secondary N) is 4. The second-order valence-electron chi connectivity index (χ2n) is 28.1. The van der Waals surface area contributed by atoms with E-state index in [-0.39, 0.29) is 0 Å². The van der Waals surface area contributed by atoms with Crippen molar-refractivity contribution < 1.29 is 217 Å². The lowest BCUT2D eigenvalue weighted by Gasteiger charge is -2.51. The average molecular weight is 1610 g/mol. The lowest BCUT2D eigenvalue weighted by Crippen LogP contribution is -2.71. The zero-order valence-corrected chi connectivity index (χ0v) is 59.8. The smallest absolute Gasteiger partial charge is 0.217 e. The van der Waals surface area contributed by atoms with Gasteiger partial charge in [-0.05, 0) is 13.8 Å². The molecule has 0 radical (unpaired) electrons. The molecule has 4 amide bonds. The number of carbonyl (C=O) groups excluding carboxylic acids is 4. The number of amides is 4. The maximum absolute atomic E-state index is 13.1. The van der Waals surface area contributed by atoms with Crippen LogP contribution in [0.15, 0.2) is 0 Å². The van der Waals surface area contributed by atoms with Gasteiger partial charge < -0.3 is 219 Å². The minimum Gasteiger partial charge on any atom is -0.394 e. The van der Waals surface area contributed by atoms with Gasteiger partial charge in [0.2, 0.25) is 23.6 Å². The van der Waals surface area contributed by atoms with Gasteiger partial charge in [0.15, 0.2) is 56.6 Å². The summed E-state index contributed by atoms with van der Waals surface area (Å²) >= 11 is 0. The second kappa shape index (κ2) is 39.0. The van der Waals surface area contributed by atoms with Crippen LogP contribution in [-0.2, 0) is 99.7 Å². The van der Waals surface area contributed by atoms with Crippen LogP contribution in [0.3, 0.4) is 0 Å². The molecule has 9 fully saturated rings. The van der Waals surface area contributed by atoms with Crippen molar-refractivity contribution >= 4 is 23.6 Å². The van der Waals surface area contributed by atoms with E-state index in [0.717, 1.165) is 27.7 Å². The quantitative estimate of drug-likeness (QED) is 0.0363. The third-order valence-corrected chi connectivity index (χ3v) is 20.3. The van der Waals surface area contributed by atoms with E-state index in [0.29, 0.717) is 0 Å². The van der Waals surface area contributed by atoms with Crippen molar-refractivity contribution in [3.8, 4) is 0 Å². The first-order valence-electron chi connectivity index (χ1n) is 35.3. The Morgan fingerprint density at radius 2 is 0.582 bits per heavy atom. The fourth-order valence-electron chi connectivity index (χ4n) is 14.3. The van der Waals surface area contributed by atoms with Crippen LogP contribution in [-0.4, -0.2) is 463 Å². The van der Waals surface area contributed by atoms with Crippen LogP contribution < -0.4 is 21.3 Å². The van der Waals surface area contributed by atoms with Crippen LogP contribution in [0.25, 0.3) is 0 Å². The van der Waals surface area contributed by atoms with E-state index in [4.69, 9.17) is 80.5 Å². The first-order valence-corrected chi connectivity index (χ1v) is 35.3. The zero-order chi connectivity index (χ0) is 81.1. The number of aliphatic hydroxyl groups is 23. The summed E-state index contributed by atoms with van der Waals surface area (Å²) in [6, 6.07) is -7.35. The van der Waals surface area contributed by atoms with Crippen LogP contribution in [0.4, 0.5) is 0 Å². The maximum atomic E-state index is 13.1. The molecule has 9 aliphatic heterocycles. The molecule has 48 nitrogen and oxygen atoms in total. The molecule has 0 aromatic carbocycles. The van der Waals surface area contributed by atoms with E-state index < -0.39 is 346 Å². The Bertz CT molecular complexity index is 2940. The molecule has 0 aromatic rings. The van der Waals surface area contributed by atoms with E-state index in [1.54, 1.807) is 0 Å². The number of ether oxygens (including phenoxy) is 17. The Balaban J connectivity index is 0.956. The molecule has 0 saturated carbocycles. The standard InChI is InChI=1S/C62H104N4O44/c1-14-31(77)41(87)44(90)58(95-14)109-52-43(89)34(80)21(8-68)101-61(52)106-49-30(66-19(6)76)57(99-22(9-69)35(49)81)107-50-36(82)23(10-70)100-60(46(50)92)105-48-29(65-18(5)75)54(93)97-26(38(48)84)13-94-55-28(64-17(4)74)40(86)47(25(12-72)103-55)104-62-53(110-59-45(91)42(88)32(78)15(2)96-59)51(37(83)24(11-71)102-62)108-56-27(63-16(3)73)39(85)33(79)20(7-67)98-56/h14-15,20-62,67-72,77-93H,7-13H2,1-6H3,(H,63,73)(H,64,74)(H,65,75)(H,66,76)/t14-,15-,20+,21+,22+,23+,24+,25+,26+,27+,28+,29+,30+,31+,32+,33-,34-,35+,36-,37-,38-,39+,40+,41+,42+,43-,44-,45-,46+,47+,48+,49+,50-,51-,52+,53+,54?,55+,56+,57-,58-,59-,60-,61-,62-/m0/s1. The van der Waals surface area contributed by atoms with Crippen molar-refractivity contribution in [1.82, 2.24) is 21.3 Å². The molecule has 9 rings (SSSR count). The van der Waals surface area contributed by atoms with Crippen LogP contribution in [0.5, 0.6) is 0 Å². The van der Waals surface area contributed by atoms with Gasteiger partial charge in [-0.1, -0.05) is 0 Å². The number of hydrogen-bond acceptors (Lipinski definition) is 44. The Morgan fingerprint density at radius 3 is 1.08 bits per heavy atom. The van der Waals surface area contributed by atoms with Crippen molar-refractivity contribution in [3.63, 3.8) is 0 Å². The Kier molecular flexibility index (Phi) is 32.0. The van der Waals surface area contributed by atoms with Crippen LogP contribution in [0, 0.1) is 0 Å². The lowest BCUT2D eigenvalue weighted by molar-refractivity contribution is -0.399. The van der Waals surface area contributed by atoms with Crippen molar-refractivity contribution in [1.29, 1.82) is 0 Å². The van der Waals surface area contributed by atoms with Crippen LogP contribution >= 0.6 is 0 Å². The van der Waals surface area contributed by atoms with Gasteiger partial charge in [-0.25, -0.2) is 0 Å². The van der Waals surface area contributed by atoms with E-state index in [1.165, 1.54) is 13.8 Å². The van der Waals surface area contributed by atoms with Gasteiger partial charge in [0.1, 0.15) is 207 Å². The highest BCUT2D eigenvalue weighted by atomic mass is 16.8. The highest BCUT2D eigenvalue weighted by Crippen LogP contribution is 2.40. The first kappa shape index (κ1) is 90.2. The van der Waals surface area contributed by atoms with Crippen molar-refractivity contribution in [2.24, 2.45) is 0 Å². The van der Waals surface area contributed by atoms with Gasteiger partial charge in [-0.15, -0.1) is 0 Å². The monoisotopic (exact) mass is 1610 g/mol. The Labute approximate surface area is 624 Å². The minimum absolute atomic E-state index is 0.823. The van der Waals surface area contributed by atoms with Crippen LogP contribution in [0.2, 0.25) is 0 Å². The third-order valence-electron chi connectivity index (χ3n) is 20.3. The predicted octanol–water partition coefficient (Wildman–Crippen LogP) is -18.0. The SMILES string of the molecule is CC(=O)N[C@H]1[C@H](OC[C@H]2OC(O)[C@H](NC(C)=O)[C@@H](O[C@@H]3O[C@H](CO)[C@H](O)[C@H](O[C@@H]4O[C@H](CO)[C@@H](O)[C@H](O[C@@H]5O[C@H](CO)[C@H](O)[C@H](O)[C@H]5O[C@@H]5O[C@@H](C)[C@@H](O)[C@@H](O)[C@@H]5O)[C@H]4NC(C)=O)[C@H]3O)[C@H]2O)O[C@H](CO)[C@@H](O[C@@H]2O[C@H](CO)[C@H](O)[C@H](O[C@H]3O[C@H](CO)[C@H](O)[C@H](O)[C@H]3NC(C)=O)[C@H]2O[C@@H]2O[C@@H](C)[C@@H](O)[C@@H](O)[C@@H]2O)[C@@H]1O. The van der Waals surface area contributed by atoms with Gasteiger partial charge in [0, 0.05) is 27.7 Å². The molecule has 48 heteroatoms. The van der Waals surface area contributed by atoms with E-state index >= 15 is 0 Å². The van der Waals surface area contributed by atoms with E-state index in [2.05, 4.69) is 21.3 Å². The topological polar surface area (TPSA) is 739 Å². The predicted molar refractivity (Wildman–Crippen MR) is 341 cm³/mol. The van der Waals surface area contributed by atoms with Crippen LogP contribution in [0.1, 0.15) is 41.5 Å². The molecule has 1 unspecified atom stereocenters. The van der Waals surface area contributed by atoms with E-state index in [9.17, 15) is 137 Å². The minimum atomic E-state index is -2.39. The summed E-state index contributed by atoms with van der Waals surface area (Å²) in [4.78, 5) is 51.4. The normalized spacial score (nSPS) is 49.6. The van der Waals surface area contributed by atoms with Gasteiger partial charge in [-0.2, -0.15) is 0 Å². The molecule has 9 saturated heterocycles. The molecule has 0 aliphatic carbocycles. The summed E-state index contributed by atoms with van der Waals surface area (Å²) < 4.78 is 101.